The number of benzene rings is 2. The van der Waals surface area contributed by atoms with Crippen LogP contribution < -0.4 is 23.3 Å². The maximum absolute atomic E-state index is 12.0. The molecular weight excluding hydrogens is 354 g/mol. The molecule has 0 aliphatic carbocycles. The van der Waals surface area contributed by atoms with E-state index in [9.17, 15) is 9.90 Å². The van der Waals surface area contributed by atoms with Crippen LogP contribution in [0.1, 0.15) is 11.1 Å². The number of fused-ring (bicyclic) bond motifs is 1. The van der Waals surface area contributed by atoms with Gasteiger partial charge in [0.25, 0.3) is 0 Å². The fraction of sp³-hybridized carbons (Fsp3) is 0.250. The number of ether oxygens (including phenoxy) is 1. The molecule has 3 aromatic rings. The van der Waals surface area contributed by atoms with Crippen LogP contribution in [-0.4, -0.2) is 25.4 Å². The summed E-state index contributed by atoms with van der Waals surface area (Å²) >= 11 is 0. The average molecular weight is 376 g/mol. The summed E-state index contributed by atoms with van der Waals surface area (Å²) in [4.78, 5) is 12.0. The first-order chi connectivity index (χ1) is 12.1. The number of rotatable bonds is 6. The van der Waals surface area contributed by atoms with Gasteiger partial charge in [0, 0.05) is 29.7 Å². The van der Waals surface area contributed by atoms with Crippen LogP contribution in [0.15, 0.2) is 51.7 Å². The highest BCUT2D eigenvalue weighted by molar-refractivity contribution is 5.96. The molecule has 0 spiro atoms. The number of quaternary nitrogens is 1. The predicted molar refractivity (Wildman–Crippen MR) is 96.7 cm³/mol. The van der Waals surface area contributed by atoms with Gasteiger partial charge >= 0.3 is 5.63 Å². The number of halogens is 1. The lowest BCUT2D eigenvalue weighted by Crippen LogP contribution is -3.00. The molecule has 1 heterocycles. The van der Waals surface area contributed by atoms with E-state index in [1.165, 1.54) is 6.07 Å². The summed E-state index contributed by atoms with van der Waals surface area (Å²) < 4.78 is 10.4. The molecule has 2 aromatic carbocycles. The lowest BCUT2D eigenvalue weighted by Gasteiger charge is -2.12. The van der Waals surface area contributed by atoms with Crippen molar-refractivity contribution in [1.29, 1.82) is 0 Å². The molecule has 0 radical (unpaired) electrons. The van der Waals surface area contributed by atoms with Gasteiger partial charge in [0.1, 0.15) is 17.9 Å². The van der Waals surface area contributed by atoms with Gasteiger partial charge in [0.15, 0.2) is 0 Å². The van der Waals surface area contributed by atoms with Gasteiger partial charge in [-0.15, -0.1) is 0 Å². The Morgan fingerprint density at radius 3 is 2.62 bits per heavy atom. The number of phenols is 1. The highest BCUT2D eigenvalue weighted by Crippen LogP contribution is 2.34. The minimum absolute atomic E-state index is 0. The Hall–Kier alpha value is -2.34. The molecule has 0 fully saturated rings. The second-order valence-electron chi connectivity index (χ2n) is 6.01. The fourth-order valence-corrected chi connectivity index (χ4v) is 2.99. The Morgan fingerprint density at radius 1 is 1.19 bits per heavy atom. The van der Waals surface area contributed by atoms with Gasteiger partial charge in [-0.25, -0.2) is 4.79 Å². The molecule has 0 saturated carbocycles. The quantitative estimate of drug-likeness (QED) is 0.436. The highest BCUT2D eigenvalue weighted by Gasteiger charge is 2.16. The molecule has 26 heavy (non-hydrogen) atoms. The Balaban J connectivity index is 0.00000243. The molecule has 0 atom stereocenters. The molecule has 0 bridgehead atoms. The minimum Gasteiger partial charge on any atom is -1.00 e. The average Bonchev–Trinajstić information content (AvgIpc) is 2.63. The zero-order valence-corrected chi connectivity index (χ0v) is 15.5. The van der Waals surface area contributed by atoms with Gasteiger partial charge in [-0.3, -0.25) is 0 Å². The summed E-state index contributed by atoms with van der Waals surface area (Å²) in [7, 11) is 1.67. The first-order valence-corrected chi connectivity index (χ1v) is 8.27. The topological polar surface area (TPSA) is 76.3 Å². The van der Waals surface area contributed by atoms with Crippen molar-refractivity contribution in [2.75, 3.05) is 20.3 Å². The lowest BCUT2D eigenvalue weighted by molar-refractivity contribution is -0.671. The Labute approximate surface area is 158 Å². The largest absolute Gasteiger partial charge is 1.00 e. The number of hydrogen-bond acceptors (Lipinski definition) is 4. The van der Waals surface area contributed by atoms with Crippen molar-refractivity contribution < 1.29 is 32.0 Å². The molecule has 138 valence electrons. The van der Waals surface area contributed by atoms with E-state index in [0.29, 0.717) is 24.3 Å². The first kappa shape index (κ1) is 20.0. The number of phenolic OH excluding ortho intramolecular Hbond substituents is 1. The summed E-state index contributed by atoms with van der Waals surface area (Å²) in [6.07, 6.45) is 0. The van der Waals surface area contributed by atoms with Gasteiger partial charge in [-0.1, -0.05) is 30.3 Å². The second kappa shape index (κ2) is 8.85. The van der Waals surface area contributed by atoms with Crippen molar-refractivity contribution in [3.8, 4) is 16.9 Å². The maximum atomic E-state index is 12.0. The molecule has 0 saturated heterocycles. The third-order valence-corrected chi connectivity index (χ3v) is 4.29. The van der Waals surface area contributed by atoms with Crippen molar-refractivity contribution in [3.63, 3.8) is 0 Å². The van der Waals surface area contributed by atoms with Gasteiger partial charge in [-0.05, 0) is 24.1 Å². The molecular formula is C20H22ClNO4. The van der Waals surface area contributed by atoms with E-state index in [0.717, 1.165) is 28.6 Å². The van der Waals surface area contributed by atoms with Crippen LogP contribution >= 0.6 is 0 Å². The standard InChI is InChI=1S/C20H21NO4.ClH/c1-13-19(23)15(12-21-8-9-24-2)10-17-16(11-18(22)25-20(13)17)14-6-4-3-5-7-14;/h3-7,10-11,21,23H,8-9,12H2,1-2H3;1H. The van der Waals surface area contributed by atoms with Crippen LogP contribution in [0.5, 0.6) is 5.75 Å². The molecule has 1 aromatic heterocycles. The summed E-state index contributed by atoms with van der Waals surface area (Å²) in [5.41, 5.74) is 3.17. The van der Waals surface area contributed by atoms with Gasteiger partial charge in [-0.2, -0.15) is 0 Å². The molecule has 0 amide bonds. The maximum Gasteiger partial charge on any atom is 0.336 e. The first-order valence-electron chi connectivity index (χ1n) is 8.27. The zero-order chi connectivity index (χ0) is 17.8. The Kier molecular flexibility index (Phi) is 6.80. The summed E-state index contributed by atoms with van der Waals surface area (Å²) in [6.45, 7) is 3.85. The monoisotopic (exact) mass is 375 g/mol. The van der Waals surface area contributed by atoms with E-state index < -0.39 is 5.63 Å². The smallest absolute Gasteiger partial charge is 0.336 e. The van der Waals surface area contributed by atoms with Crippen molar-refractivity contribution in [2.45, 2.75) is 13.5 Å². The molecule has 5 nitrogen and oxygen atoms in total. The third-order valence-electron chi connectivity index (χ3n) is 4.29. The van der Waals surface area contributed by atoms with Crippen LogP contribution in [0.25, 0.3) is 22.1 Å². The van der Waals surface area contributed by atoms with Crippen molar-refractivity contribution >= 4 is 11.0 Å². The van der Waals surface area contributed by atoms with Gasteiger partial charge < -0.3 is 32.0 Å². The van der Waals surface area contributed by atoms with Gasteiger partial charge in [0.05, 0.1) is 13.2 Å². The summed E-state index contributed by atoms with van der Waals surface area (Å²) in [6, 6.07) is 13.1. The molecule has 3 N–H and O–H groups in total. The number of aromatic hydroxyl groups is 1. The van der Waals surface area contributed by atoms with Crippen molar-refractivity contribution in [1.82, 2.24) is 0 Å². The molecule has 3 rings (SSSR count). The molecule has 0 unspecified atom stereocenters. The Bertz CT molecular complexity index is 938. The fourth-order valence-electron chi connectivity index (χ4n) is 2.99. The van der Waals surface area contributed by atoms with Gasteiger partial charge in [0.2, 0.25) is 0 Å². The van der Waals surface area contributed by atoms with Crippen LogP contribution in [-0.2, 0) is 11.3 Å². The van der Waals surface area contributed by atoms with Crippen LogP contribution in [0.3, 0.4) is 0 Å². The third kappa shape index (κ3) is 4.07. The molecule has 6 heteroatoms. The van der Waals surface area contributed by atoms with Crippen LogP contribution in [0.2, 0.25) is 0 Å². The molecule has 0 aliphatic rings. The van der Waals surface area contributed by atoms with Crippen molar-refractivity contribution in [3.05, 3.63) is 64.0 Å². The number of nitrogens with two attached hydrogens (primary N) is 1. The number of hydrogen-bond donors (Lipinski definition) is 2. The lowest BCUT2D eigenvalue weighted by atomic mass is 9.97. The van der Waals surface area contributed by atoms with Crippen LogP contribution in [0.4, 0.5) is 0 Å². The SMILES string of the molecule is COCC[NH2+]Cc1cc2c(-c3ccccc3)cc(=O)oc2c(C)c1O.[Cl-]. The second-order valence-corrected chi connectivity index (χ2v) is 6.01. The van der Waals surface area contributed by atoms with E-state index in [2.05, 4.69) is 5.32 Å². The summed E-state index contributed by atoms with van der Waals surface area (Å²) in [5, 5.41) is 13.4. The van der Waals surface area contributed by atoms with E-state index in [4.69, 9.17) is 9.15 Å². The van der Waals surface area contributed by atoms with E-state index in [1.54, 1.807) is 14.0 Å². The Morgan fingerprint density at radius 2 is 1.92 bits per heavy atom. The van der Waals surface area contributed by atoms with E-state index >= 15 is 0 Å². The minimum atomic E-state index is -0.423. The predicted octanol–water partition coefficient (Wildman–Crippen LogP) is -0.812. The number of aryl methyl sites for hydroxylation is 1. The number of methoxy groups -OCH3 is 1. The summed E-state index contributed by atoms with van der Waals surface area (Å²) in [5.74, 6) is 0.175. The van der Waals surface area contributed by atoms with E-state index in [-0.39, 0.29) is 18.2 Å². The van der Waals surface area contributed by atoms with Crippen LogP contribution in [0, 0.1) is 6.92 Å². The normalized spacial score (nSPS) is 10.7. The zero-order valence-electron chi connectivity index (χ0n) is 14.8. The highest BCUT2D eigenvalue weighted by atomic mass is 35.5. The van der Waals surface area contributed by atoms with E-state index in [1.807, 2.05) is 36.4 Å². The molecule has 0 aliphatic heterocycles. The van der Waals surface area contributed by atoms with Crippen molar-refractivity contribution in [2.24, 2.45) is 0 Å².